The van der Waals surface area contributed by atoms with E-state index < -0.39 is 15.9 Å². The van der Waals surface area contributed by atoms with E-state index in [4.69, 9.17) is 18.4 Å². The lowest BCUT2D eigenvalue weighted by molar-refractivity contribution is -0.138. The third kappa shape index (κ3) is 4.67. The van der Waals surface area contributed by atoms with Crippen molar-refractivity contribution in [3.05, 3.63) is 29.3 Å². The van der Waals surface area contributed by atoms with E-state index in [0.29, 0.717) is 18.8 Å². The maximum absolute atomic E-state index is 11.2. The van der Waals surface area contributed by atoms with Crippen LogP contribution in [0.25, 0.3) is 0 Å². The fourth-order valence-electron chi connectivity index (χ4n) is 2.43. The minimum Gasteiger partial charge on any atom is -0.496 e. The van der Waals surface area contributed by atoms with Gasteiger partial charge in [-0.1, -0.05) is 12.1 Å². The van der Waals surface area contributed by atoms with Crippen LogP contribution in [-0.2, 0) is 36.8 Å². The second-order valence-electron chi connectivity index (χ2n) is 5.72. The SMILES string of the molecule is COc1cccc(COS(C)(=O)=O)c1CC1COC(C)(C)O1. The van der Waals surface area contributed by atoms with Crippen LogP contribution >= 0.6 is 0 Å². The Labute approximate surface area is 131 Å². The molecule has 0 radical (unpaired) electrons. The van der Waals surface area contributed by atoms with Crippen LogP contribution < -0.4 is 4.74 Å². The Morgan fingerprint density at radius 1 is 1.36 bits per heavy atom. The molecule has 1 atom stereocenters. The molecule has 22 heavy (non-hydrogen) atoms. The molecule has 1 aliphatic heterocycles. The minimum atomic E-state index is -3.50. The van der Waals surface area contributed by atoms with Gasteiger partial charge in [0.25, 0.3) is 10.1 Å². The molecule has 6 nitrogen and oxygen atoms in total. The first-order valence-electron chi connectivity index (χ1n) is 7.01. The summed E-state index contributed by atoms with van der Waals surface area (Å²) >= 11 is 0. The standard InChI is InChI=1S/C15H22O6S/c1-15(2)19-10-12(21-15)8-13-11(9-20-22(4,16)17)6-5-7-14(13)18-3/h5-7,12H,8-10H2,1-4H3. The maximum Gasteiger partial charge on any atom is 0.264 e. The molecule has 0 saturated carbocycles. The highest BCUT2D eigenvalue weighted by Crippen LogP contribution is 2.30. The van der Waals surface area contributed by atoms with Crippen molar-refractivity contribution in [2.75, 3.05) is 20.0 Å². The molecule has 1 aromatic carbocycles. The van der Waals surface area contributed by atoms with Crippen molar-refractivity contribution in [1.82, 2.24) is 0 Å². The van der Waals surface area contributed by atoms with Crippen LogP contribution in [0.3, 0.4) is 0 Å². The first kappa shape index (κ1) is 17.2. The first-order chi connectivity index (χ1) is 10.2. The van der Waals surface area contributed by atoms with Gasteiger partial charge in [0.1, 0.15) is 5.75 Å². The lowest BCUT2D eigenvalue weighted by Gasteiger charge is -2.19. The van der Waals surface area contributed by atoms with E-state index in [1.54, 1.807) is 13.2 Å². The molecule has 0 aliphatic carbocycles. The average Bonchev–Trinajstić information content (AvgIpc) is 2.75. The number of rotatable bonds is 6. The van der Waals surface area contributed by atoms with E-state index >= 15 is 0 Å². The summed E-state index contributed by atoms with van der Waals surface area (Å²) in [4.78, 5) is 0. The number of hydrogen-bond donors (Lipinski definition) is 0. The van der Waals surface area contributed by atoms with Crippen LogP contribution in [-0.4, -0.2) is 40.3 Å². The van der Waals surface area contributed by atoms with E-state index in [9.17, 15) is 8.42 Å². The van der Waals surface area contributed by atoms with Gasteiger partial charge < -0.3 is 14.2 Å². The molecule has 0 aromatic heterocycles. The van der Waals surface area contributed by atoms with Crippen LogP contribution in [0.1, 0.15) is 25.0 Å². The number of ether oxygens (including phenoxy) is 3. The van der Waals surface area contributed by atoms with Crippen LogP contribution in [0.5, 0.6) is 5.75 Å². The molecule has 1 aliphatic rings. The van der Waals surface area contributed by atoms with Crippen molar-refractivity contribution in [3.63, 3.8) is 0 Å². The summed E-state index contributed by atoms with van der Waals surface area (Å²) < 4.78 is 44.1. The van der Waals surface area contributed by atoms with Crippen molar-refractivity contribution in [2.45, 2.75) is 38.8 Å². The van der Waals surface area contributed by atoms with E-state index in [0.717, 1.165) is 17.4 Å². The Kier molecular flexibility index (Phi) is 5.11. The quantitative estimate of drug-likeness (QED) is 0.742. The molecular formula is C15H22O6S. The summed E-state index contributed by atoms with van der Waals surface area (Å²) in [5.41, 5.74) is 1.64. The summed E-state index contributed by atoms with van der Waals surface area (Å²) in [7, 11) is -1.92. The van der Waals surface area contributed by atoms with E-state index in [2.05, 4.69) is 0 Å². The summed E-state index contributed by atoms with van der Waals surface area (Å²) in [6.07, 6.45) is 1.49. The minimum absolute atomic E-state index is 0.0255. The van der Waals surface area contributed by atoms with Crippen LogP contribution in [0.2, 0.25) is 0 Å². The molecule has 1 unspecified atom stereocenters. The number of hydrogen-bond acceptors (Lipinski definition) is 6. The van der Waals surface area contributed by atoms with Gasteiger partial charge >= 0.3 is 0 Å². The van der Waals surface area contributed by atoms with Gasteiger partial charge in [-0.15, -0.1) is 0 Å². The predicted octanol–water partition coefficient (Wildman–Crippen LogP) is 1.87. The molecule has 1 heterocycles. The van der Waals surface area contributed by atoms with Gasteiger partial charge in [0, 0.05) is 12.0 Å². The Balaban J connectivity index is 2.20. The molecule has 0 spiro atoms. The topological polar surface area (TPSA) is 71.1 Å². The second kappa shape index (κ2) is 6.54. The van der Waals surface area contributed by atoms with Gasteiger partial charge in [-0.25, -0.2) is 0 Å². The second-order valence-corrected chi connectivity index (χ2v) is 7.36. The summed E-state index contributed by atoms with van der Waals surface area (Å²) in [6.45, 7) is 4.19. The lowest BCUT2D eigenvalue weighted by Crippen LogP contribution is -2.23. The highest BCUT2D eigenvalue weighted by molar-refractivity contribution is 7.85. The largest absolute Gasteiger partial charge is 0.496 e. The molecule has 124 valence electrons. The van der Waals surface area contributed by atoms with Gasteiger partial charge in [-0.3, -0.25) is 4.18 Å². The molecule has 0 N–H and O–H groups in total. The number of methoxy groups -OCH3 is 1. The summed E-state index contributed by atoms with van der Waals surface area (Å²) in [6, 6.07) is 5.46. The van der Waals surface area contributed by atoms with Gasteiger partial charge in [0.05, 0.1) is 32.7 Å². The highest BCUT2D eigenvalue weighted by Gasteiger charge is 2.33. The van der Waals surface area contributed by atoms with Crippen molar-refractivity contribution in [3.8, 4) is 5.75 Å². The fourth-order valence-corrected chi connectivity index (χ4v) is 2.77. The van der Waals surface area contributed by atoms with Crippen LogP contribution in [0.15, 0.2) is 18.2 Å². The van der Waals surface area contributed by atoms with Crippen molar-refractivity contribution in [1.29, 1.82) is 0 Å². The van der Waals surface area contributed by atoms with Crippen molar-refractivity contribution >= 4 is 10.1 Å². The third-order valence-electron chi connectivity index (χ3n) is 3.38. The van der Waals surface area contributed by atoms with Gasteiger partial charge in [-0.05, 0) is 25.5 Å². The molecule has 1 saturated heterocycles. The van der Waals surface area contributed by atoms with Crippen LogP contribution in [0.4, 0.5) is 0 Å². The Morgan fingerprint density at radius 3 is 2.64 bits per heavy atom. The van der Waals surface area contributed by atoms with Gasteiger partial charge in [-0.2, -0.15) is 8.42 Å². The molecular weight excluding hydrogens is 308 g/mol. The summed E-state index contributed by atoms with van der Waals surface area (Å²) in [5.74, 6) is 0.0822. The molecule has 7 heteroatoms. The monoisotopic (exact) mass is 330 g/mol. The molecule has 1 aromatic rings. The normalized spacial score (nSPS) is 21.0. The van der Waals surface area contributed by atoms with E-state index in [1.165, 1.54) is 0 Å². The lowest BCUT2D eigenvalue weighted by atomic mass is 10.0. The third-order valence-corrected chi connectivity index (χ3v) is 3.92. The summed E-state index contributed by atoms with van der Waals surface area (Å²) in [5, 5.41) is 0. The van der Waals surface area contributed by atoms with E-state index in [1.807, 2.05) is 26.0 Å². The van der Waals surface area contributed by atoms with Gasteiger partial charge in [0.2, 0.25) is 0 Å². The highest BCUT2D eigenvalue weighted by atomic mass is 32.2. The zero-order chi connectivity index (χ0) is 16.4. The zero-order valence-corrected chi connectivity index (χ0v) is 14.1. The Hall–Kier alpha value is -1.15. The predicted molar refractivity (Wildman–Crippen MR) is 81.2 cm³/mol. The van der Waals surface area contributed by atoms with Gasteiger partial charge in [0.15, 0.2) is 5.79 Å². The molecule has 0 amide bonds. The molecule has 1 fully saturated rings. The Morgan fingerprint density at radius 2 is 2.09 bits per heavy atom. The molecule has 0 bridgehead atoms. The van der Waals surface area contributed by atoms with E-state index in [-0.39, 0.29) is 12.7 Å². The van der Waals surface area contributed by atoms with Crippen molar-refractivity contribution in [2.24, 2.45) is 0 Å². The first-order valence-corrected chi connectivity index (χ1v) is 8.83. The zero-order valence-electron chi connectivity index (χ0n) is 13.3. The maximum atomic E-state index is 11.2. The fraction of sp³-hybridized carbons (Fsp3) is 0.600. The smallest absolute Gasteiger partial charge is 0.264 e. The average molecular weight is 330 g/mol. The van der Waals surface area contributed by atoms with Crippen LogP contribution in [0, 0.1) is 0 Å². The van der Waals surface area contributed by atoms with Crippen molar-refractivity contribution < 1.29 is 26.8 Å². The Bertz CT molecular complexity index is 623. The number of benzene rings is 1. The molecule has 2 rings (SSSR count).